The second-order valence-electron chi connectivity index (χ2n) is 6.20. The summed E-state index contributed by atoms with van der Waals surface area (Å²) in [7, 11) is 0. The fraction of sp³-hybridized carbons (Fsp3) is 0.333. The molecule has 1 saturated heterocycles. The molecule has 6 heteroatoms. The summed E-state index contributed by atoms with van der Waals surface area (Å²) in [6.45, 7) is 6.37. The fourth-order valence-electron chi connectivity index (χ4n) is 3.00. The minimum atomic E-state index is -1.06. The Bertz CT molecular complexity index is 803. The van der Waals surface area contributed by atoms with Crippen molar-refractivity contribution < 1.29 is 19.4 Å². The zero-order valence-corrected chi connectivity index (χ0v) is 13.9. The van der Waals surface area contributed by atoms with Gasteiger partial charge in [-0.3, -0.25) is 4.79 Å². The zero-order chi connectivity index (χ0) is 17.4. The summed E-state index contributed by atoms with van der Waals surface area (Å²) >= 11 is 0. The monoisotopic (exact) mass is 328 g/mol. The van der Waals surface area contributed by atoms with E-state index in [0.29, 0.717) is 29.9 Å². The van der Waals surface area contributed by atoms with Crippen LogP contribution < -0.4 is 4.74 Å². The average molecular weight is 328 g/mol. The maximum absolute atomic E-state index is 12.6. The van der Waals surface area contributed by atoms with E-state index in [9.17, 15) is 9.59 Å². The standard InChI is InChI=1S/C18H20N2O4/c1-10-5-4-6-13(7-10)24-14-8-20(9-14)17(21)15-11(2)16(18(22)23)19-12(15)3/h4-7,14,19H,8-9H2,1-3H3,(H,22,23). The molecule has 0 radical (unpaired) electrons. The lowest BCUT2D eigenvalue weighted by molar-refractivity contribution is 0.0176. The Hall–Kier alpha value is -2.76. The van der Waals surface area contributed by atoms with Crippen LogP contribution in [0.4, 0.5) is 0 Å². The number of ether oxygens (including phenoxy) is 1. The number of aromatic nitrogens is 1. The van der Waals surface area contributed by atoms with Crippen molar-refractivity contribution in [2.24, 2.45) is 0 Å². The first kappa shape index (κ1) is 16.1. The highest BCUT2D eigenvalue weighted by atomic mass is 16.5. The number of benzene rings is 1. The molecule has 2 N–H and O–H groups in total. The van der Waals surface area contributed by atoms with Crippen molar-refractivity contribution in [1.82, 2.24) is 9.88 Å². The Kier molecular flexibility index (Phi) is 4.05. The number of amides is 1. The minimum absolute atomic E-state index is 0.0331. The van der Waals surface area contributed by atoms with Gasteiger partial charge in [0.2, 0.25) is 0 Å². The van der Waals surface area contributed by atoms with E-state index in [1.54, 1.807) is 18.7 Å². The fourth-order valence-corrected chi connectivity index (χ4v) is 3.00. The van der Waals surface area contributed by atoms with Crippen molar-refractivity contribution in [3.8, 4) is 5.75 Å². The van der Waals surface area contributed by atoms with Gasteiger partial charge in [-0.15, -0.1) is 0 Å². The third kappa shape index (κ3) is 2.87. The predicted molar refractivity (Wildman–Crippen MR) is 88.7 cm³/mol. The summed E-state index contributed by atoms with van der Waals surface area (Å²) in [5, 5.41) is 9.15. The topological polar surface area (TPSA) is 82.6 Å². The van der Waals surface area contributed by atoms with E-state index in [-0.39, 0.29) is 17.7 Å². The van der Waals surface area contributed by atoms with Crippen molar-refractivity contribution in [2.75, 3.05) is 13.1 Å². The third-order valence-electron chi connectivity index (χ3n) is 4.29. The molecule has 0 atom stereocenters. The molecular weight excluding hydrogens is 308 g/mol. The zero-order valence-electron chi connectivity index (χ0n) is 13.9. The summed E-state index contributed by atoms with van der Waals surface area (Å²) in [5.41, 5.74) is 2.70. The van der Waals surface area contributed by atoms with Crippen LogP contribution in [-0.4, -0.2) is 46.1 Å². The number of nitrogens with one attached hydrogen (secondary N) is 1. The lowest BCUT2D eigenvalue weighted by Gasteiger charge is -2.39. The number of carboxylic acids is 1. The van der Waals surface area contributed by atoms with Crippen LogP contribution in [-0.2, 0) is 0 Å². The number of aromatic carboxylic acids is 1. The van der Waals surface area contributed by atoms with Crippen LogP contribution in [0.2, 0.25) is 0 Å². The molecule has 6 nitrogen and oxygen atoms in total. The number of rotatable bonds is 4. The van der Waals surface area contributed by atoms with E-state index in [2.05, 4.69) is 4.98 Å². The predicted octanol–water partition coefficient (Wildman–Crippen LogP) is 2.54. The highest BCUT2D eigenvalue weighted by molar-refractivity contribution is 6.01. The van der Waals surface area contributed by atoms with Crippen molar-refractivity contribution in [3.63, 3.8) is 0 Å². The minimum Gasteiger partial charge on any atom is -0.487 e. The Morgan fingerprint density at radius 2 is 1.96 bits per heavy atom. The second-order valence-corrected chi connectivity index (χ2v) is 6.20. The van der Waals surface area contributed by atoms with Gasteiger partial charge >= 0.3 is 5.97 Å². The van der Waals surface area contributed by atoms with Gasteiger partial charge in [0.05, 0.1) is 18.7 Å². The van der Waals surface area contributed by atoms with Crippen molar-refractivity contribution >= 4 is 11.9 Å². The van der Waals surface area contributed by atoms with Crippen molar-refractivity contribution in [3.05, 3.63) is 52.3 Å². The molecule has 126 valence electrons. The number of aryl methyl sites for hydroxylation is 2. The molecule has 0 unspecified atom stereocenters. The lowest BCUT2D eigenvalue weighted by atomic mass is 10.0. The van der Waals surface area contributed by atoms with Gasteiger partial charge in [0.1, 0.15) is 17.5 Å². The van der Waals surface area contributed by atoms with Gasteiger partial charge < -0.3 is 19.7 Å². The van der Waals surface area contributed by atoms with E-state index < -0.39 is 5.97 Å². The first-order chi connectivity index (χ1) is 11.4. The van der Waals surface area contributed by atoms with Crippen LogP contribution in [0.5, 0.6) is 5.75 Å². The molecular formula is C18H20N2O4. The maximum atomic E-state index is 12.6. The second kappa shape index (κ2) is 6.03. The molecule has 0 bridgehead atoms. The third-order valence-corrected chi connectivity index (χ3v) is 4.29. The number of hydrogen-bond donors (Lipinski definition) is 2. The molecule has 1 amide bonds. The molecule has 0 saturated carbocycles. The Labute approximate surface area is 140 Å². The van der Waals surface area contributed by atoms with Gasteiger partial charge in [-0.1, -0.05) is 12.1 Å². The number of carboxylic acid groups (broad SMARTS) is 1. The van der Waals surface area contributed by atoms with Gasteiger partial charge in [-0.25, -0.2) is 4.79 Å². The molecule has 1 aliphatic rings. The van der Waals surface area contributed by atoms with E-state index in [0.717, 1.165) is 11.3 Å². The summed E-state index contributed by atoms with van der Waals surface area (Å²) < 4.78 is 5.86. The summed E-state index contributed by atoms with van der Waals surface area (Å²) in [6, 6.07) is 7.80. The number of carbonyl (C=O) groups excluding carboxylic acids is 1. The molecule has 1 aliphatic heterocycles. The number of H-pyrrole nitrogens is 1. The van der Waals surface area contributed by atoms with Crippen LogP contribution in [0, 0.1) is 20.8 Å². The molecule has 0 spiro atoms. The Morgan fingerprint density at radius 3 is 2.54 bits per heavy atom. The van der Waals surface area contributed by atoms with Gasteiger partial charge in [0, 0.05) is 5.69 Å². The van der Waals surface area contributed by atoms with Crippen LogP contribution in [0.1, 0.15) is 37.7 Å². The van der Waals surface area contributed by atoms with E-state index in [1.165, 1.54) is 0 Å². The molecule has 1 aromatic heterocycles. The molecule has 2 heterocycles. The number of nitrogens with zero attached hydrogens (tertiary/aromatic N) is 1. The molecule has 24 heavy (non-hydrogen) atoms. The van der Waals surface area contributed by atoms with Gasteiger partial charge in [0.25, 0.3) is 5.91 Å². The Balaban J connectivity index is 1.66. The van der Waals surface area contributed by atoms with Gasteiger partial charge in [-0.2, -0.15) is 0 Å². The summed E-state index contributed by atoms with van der Waals surface area (Å²) in [6.07, 6.45) is -0.0331. The van der Waals surface area contributed by atoms with E-state index in [1.807, 2.05) is 31.2 Å². The van der Waals surface area contributed by atoms with Crippen LogP contribution >= 0.6 is 0 Å². The van der Waals surface area contributed by atoms with Crippen LogP contribution in [0.25, 0.3) is 0 Å². The number of hydrogen-bond acceptors (Lipinski definition) is 3. The van der Waals surface area contributed by atoms with Crippen molar-refractivity contribution in [2.45, 2.75) is 26.9 Å². The number of aromatic amines is 1. The molecule has 1 aromatic carbocycles. The largest absolute Gasteiger partial charge is 0.487 e. The highest BCUT2D eigenvalue weighted by Crippen LogP contribution is 2.24. The van der Waals surface area contributed by atoms with E-state index in [4.69, 9.17) is 9.84 Å². The smallest absolute Gasteiger partial charge is 0.352 e. The van der Waals surface area contributed by atoms with Crippen LogP contribution in [0.15, 0.2) is 24.3 Å². The summed E-state index contributed by atoms with van der Waals surface area (Å²) in [4.78, 5) is 28.2. The highest BCUT2D eigenvalue weighted by Gasteiger charge is 2.35. The van der Waals surface area contributed by atoms with Crippen LogP contribution in [0.3, 0.4) is 0 Å². The maximum Gasteiger partial charge on any atom is 0.352 e. The number of carbonyl (C=O) groups is 2. The quantitative estimate of drug-likeness (QED) is 0.903. The Morgan fingerprint density at radius 1 is 1.25 bits per heavy atom. The average Bonchev–Trinajstić information content (AvgIpc) is 2.77. The molecule has 0 aliphatic carbocycles. The molecule has 2 aromatic rings. The molecule has 1 fully saturated rings. The summed E-state index contributed by atoms with van der Waals surface area (Å²) in [5.74, 6) is -0.411. The van der Waals surface area contributed by atoms with Gasteiger partial charge in [0.15, 0.2) is 0 Å². The number of likely N-dealkylation sites (tertiary alicyclic amines) is 1. The normalized spacial score (nSPS) is 14.4. The first-order valence-electron chi connectivity index (χ1n) is 7.82. The molecule has 3 rings (SSSR count). The lowest BCUT2D eigenvalue weighted by Crippen LogP contribution is -2.56. The SMILES string of the molecule is Cc1cccc(OC2CN(C(=O)c3c(C)[nH]c(C(=O)O)c3C)C2)c1. The first-order valence-corrected chi connectivity index (χ1v) is 7.82. The van der Waals surface area contributed by atoms with E-state index >= 15 is 0 Å². The van der Waals surface area contributed by atoms with Gasteiger partial charge in [-0.05, 0) is 44.0 Å². The van der Waals surface area contributed by atoms with Crippen molar-refractivity contribution in [1.29, 1.82) is 0 Å².